The SMILES string of the molecule is C[C@@H](N)Cc1ccc(C2CC2)cc1. The van der Waals surface area contributed by atoms with Crippen molar-refractivity contribution >= 4 is 0 Å². The van der Waals surface area contributed by atoms with Gasteiger partial charge in [0.2, 0.25) is 0 Å². The van der Waals surface area contributed by atoms with Gasteiger partial charge in [-0.15, -0.1) is 0 Å². The minimum Gasteiger partial charge on any atom is -0.328 e. The van der Waals surface area contributed by atoms with Crippen LogP contribution in [-0.4, -0.2) is 6.04 Å². The summed E-state index contributed by atoms with van der Waals surface area (Å²) in [6.45, 7) is 2.05. The van der Waals surface area contributed by atoms with Gasteiger partial charge in [-0.05, 0) is 43.2 Å². The molecular weight excluding hydrogens is 158 g/mol. The lowest BCUT2D eigenvalue weighted by Crippen LogP contribution is -2.17. The van der Waals surface area contributed by atoms with E-state index < -0.39 is 0 Å². The fraction of sp³-hybridized carbons (Fsp3) is 0.500. The van der Waals surface area contributed by atoms with Crippen LogP contribution < -0.4 is 5.73 Å². The first-order chi connectivity index (χ1) is 6.25. The van der Waals surface area contributed by atoms with Crippen LogP contribution in [0.15, 0.2) is 24.3 Å². The highest BCUT2D eigenvalue weighted by atomic mass is 14.6. The summed E-state index contributed by atoms with van der Waals surface area (Å²) in [6, 6.07) is 9.23. The van der Waals surface area contributed by atoms with Crippen molar-refractivity contribution in [3.05, 3.63) is 35.4 Å². The molecule has 1 fully saturated rings. The van der Waals surface area contributed by atoms with E-state index in [1.807, 2.05) is 0 Å². The number of hydrogen-bond donors (Lipinski definition) is 1. The lowest BCUT2D eigenvalue weighted by Gasteiger charge is -2.05. The van der Waals surface area contributed by atoms with Crippen LogP contribution in [0.4, 0.5) is 0 Å². The van der Waals surface area contributed by atoms with E-state index in [4.69, 9.17) is 5.73 Å². The van der Waals surface area contributed by atoms with Crippen molar-refractivity contribution in [2.75, 3.05) is 0 Å². The van der Waals surface area contributed by atoms with Crippen LogP contribution in [0, 0.1) is 0 Å². The first kappa shape index (κ1) is 8.76. The van der Waals surface area contributed by atoms with Crippen LogP contribution in [0.3, 0.4) is 0 Å². The molecule has 1 aliphatic carbocycles. The Hall–Kier alpha value is -0.820. The van der Waals surface area contributed by atoms with Crippen molar-refractivity contribution in [1.29, 1.82) is 0 Å². The summed E-state index contributed by atoms with van der Waals surface area (Å²) < 4.78 is 0. The summed E-state index contributed by atoms with van der Waals surface area (Å²) in [5, 5.41) is 0. The predicted molar refractivity (Wildman–Crippen MR) is 55.8 cm³/mol. The molecule has 13 heavy (non-hydrogen) atoms. The largest absolute Gasteiger partial charge is 0.328 e. The molecule has 1 nitrogen and oxygen atoms in total. The first-order valence-electron chi connectivity index (χ1n) is 5.10. The van der Waals surface area contributed by atoms with Gasteiger partial charge in [-0.1, -0.05) is 24.3 Å². The molecule has 1 aromatic rings. The third-order valence-corrected chi connectivity index (χ3v) is 2.59. The van der Waals surface area contributed by atoms with Crippen molar-refractivity contribution in [2.24, 2.45) is 5.73 Å². The summed E-state index contributed by atoms with van der Waals surface area (Å²) >= 11 is 0. The standard InChI is InChI=1S/C12H17N/c1-9(13)8-10-2-4-11(5-3-10)12-6-7-12/h2-5,9,12H,6-8,13H2,1H3/t9-/m1/s1. The van der Waals surface area contributed by atoms with E-state index in [9.17, 15) is 0 Å². The molecule has 0 unspecified atom stereocenters. The van der Waals surface area contributed by atoms with Crippen molar-refractivity contribution in [3.63, 3.8) is 0 Å². The zero-order valence-electron chi connectivity index (χ0n) is 8.16. The second-order valence-electron chi connectivity index (χ2n) is 4.20. The average molecular weight is 175 g/mol. The summed E-state index contributed by atoms with van der Waals surface area (Å²) in [5.74, 6) is 0.865. The Labute approximate surface area is 80.0 Å². The molecule has 70 valence electrons. The Bertz CT molecular complexity index is 270. The third kappa shape index (κ3) is 2.31. The van der Waals surface area contributed by atoms with Gasteiger partial charge in [0.15, 0.2) is 0 Å². The number of hydrogen-bond acceptors (Lipinski definition) is 1. The molecule has 0 bridgehead atoms. The summed E-state index contributed by atoms with van der Waals surface area (Å²) in [4.78, 5) is 0. The fourth-order valence-corrected chi connectivity index (χ4v) is 1.71. The van der Waals surface area contributed by atoms with Crippen molar-refractivity contribution < 1.29 is 0 Å². The molecule has 1 saturated carbocycles. The van der Waals surface area contributed by atoms with Gasteiger partial charge in [0, 0.05) is 6.04 Å². The molecule has 0 aromatic heterocycles. The molecule has 1 heteroatoms. The maximum atomic E-state index is 5.73. The van der Waals surface area contributed by atoms with Crippen molar-refractivity contribution in [1.82, 2.24) is 0 Å². The van der Waals surface area contributed by atoms with Crippen LogP contribution in [0.1, 0.15) is 36.8 Å². The maximum absolute atomic E-state index is 5.73. The minimum atomic E-state index is 0.270. The van der Waals surface area contributed by atoms with E-state index in [0.717, 1.165) is 12.3 Å². The van der Waals surface area contributed by atoms with E-state index in [0.29, 0.717) is 0 Å². The second kappa shape index (κ2) is 3.51. The lowest BCUT2D eigenvalue weighted by atomic mass is 10.0. The molecule has 0 heterocycles. The molecular formula is C12H17N. The molecule has 0 saturated heterocycles. The Morgan fingerprint density at radius 2 is 1.92 bits per heavy atom. The molecule has 2 rings (SSSR count). The molecule has 0 spiro atoms. The predicted octanol–water partition coefficient (Wildman–Crippen LogP) is 2.45. The lowest BCUT2D eigenvalue weighted by molar-refractivity contribution is 0.738. The Morgan fingerprint density at radius 3 is 2.38 bits per heavy atom. The molecule has 0 amide bonds. The molecule has 1 aromatic carbocycles. The highest BCUT2D eigenvalue weighted by Gasteiger charge is 2.22. The highest BCUT2D eigenvalue weighted by molar-refractivity contribution is 5.28. The highest BCUT2D eigenvalue weighted by Crippen LogP contribution is 2.39. The topological polar surface area (TPSA) is 26.0 Å². The van der Waals surface area contributed by atoms with Crippen LogP contribution in [0.5, 0.6) is 0 Å². The smallest absolute Gasteiger partial charge is 0.00509 e. The quantitative estimate of drug-likeness (QED) is 0.750. The number of nitrogens with two attached hydrogens (primary N) is 1. The third-order valence-electron chi connectivity index (χ3n) is 2.59. The van der Waals surface area contributed by atoms with Crippen LogP contribution in [0.2, 0.25) is 0 Å². The zero-order chi connectivity index (χ0) is 9.26. The maximum Gasteiger partial charge on any atom is 0.00509 e. The summed E-state index contributed by atoms with van der Waals surface area (Å²) in [6.07, 6.45) is 3.75. The summed E-state index contributed by atoms with van der Waals surface area (Å²) in [7, 11) is 0. The fourth-order valence-electron chi connectivity index (χ4n) is 1.71. The van der Waals surface area contributed by atoms with Crippen LogP contribution >= 0.6 is 0 Å². The van der Waals surface area contributed by atoms with Gasteiger partial charge >= 0.3 is 0 Å². The van der Waals surface area contributed by atoms with Crippen molar-refractivity contribution in [2.45, 2.75) is 38.1 Å². The molecule has 2 N–H and O–H groups in total. The normalized spacial score (nSPS) is 18.6. The van der Waals surface area contributed by atoms with Gasteiger partial charge in [0.05, 0.1) is 0 Å². The number of benzene rings is 1. The van der Waals surface area contributed by atoms with Gasteiger partial charge in [-0.3, -0.25) is 0 Å². The first-order valence-corrected chi connectivity index (χ1v) is 5.10. The van der Waals surface area contributed by atoms with Crippen LogP contribution in [-0.2, 0) is 6.42 Å². The number of rotatable bonds is 3. The Balaban J connectivity index is 2.04. The van der Waals surface area contributed by atoms with Gasteiger partial charge in [0.1, 0.15) is 0 Å². The van der Waals surface area contributed by atoms with E-state index in [1.165, 1.54) is 24.0 Å². The van der Waals surface area contributed by atoms with E-state index >= 15 is 0 Å². The molecule has 1 aliphatic rings. The Kier molecular flexibility index (Phi) is 2.36. The zero-order valence-corrected chi connectivity index (χ0v) is 8.16. The minimum absolute atomic E-state index is 0.270. The van der Waals surface area contributed by atoms with Crippen LogP contribution in [0.25, 0.3) is 0 Å². The van der Waals surface area contributed by atoms with Gasteiger partial charge in [-0.25, -0.2) is 0 Å². The monoisotopic (exact) mass is 175 g/mol. The average Bonchev–Trinajstić information content (AvgIpc) is 2.87. The van der Waals surface area contributed by atoms with E-state index in [1.54, 1.807) is 0 Å². The van der Waals surface area contributed by atoms with Gasteiger partial charge in [-0.2, -0.15) is 0 Å². The summed E-state index contributed by atoms with van der Waals surface area (Å²) in [5.41, 5.74) is 8.60. The Morgan fingerprint density at radius 1 is 1.31 bits per heavy atom. The van der Waals surface area contributed by atoms with Gasteiger partial charge < -0.3 is 5.73 Å². The molecule has 0 radical (unpaired) electrons. The second-order valence-corrected chi connectivity index (χ2v) is 4.20. The van der Waals surface area contributed by atoms with E-state index in [2.05, 4.69) is 31.2 Å². The van der Waals surface area contributed by atoms with Gasteiger partial charge in [0.25, 0.3) is 0 Å². The van der Waals surface area contributed by atoms with Crippen molar-refractivity contribution in [3.8, 4) is 0 Å². The van der Waals surface area contributed by atoms with E-state index in [-0.39, 0.29) is 6.04 Å². The molecule has 0 aliphatic heterocycles. The molecule has 1 atom stereocenters.